The fourth-order valence-corrected chi connectivity index (χ4v) is 1.53. The summed E-state index contributed by atoms with van der Waals surface area (Å²) in [4.78, 5) is 15.2. The van der Waals surface area contributed by atoms with E-state index in [4.69, 9.17) is 10.5 Å². The summed E-state index contributed by atoms with van der Waals surface area (Å²) in [6.45, 7) is 0. The van der Waals surface area contributed by atoms with Gasteiger partial charge in [0, 0.05) is 6.07 Å². The lowest BCUT2D eigenvalue weighted by Gasteiger charge is -2.06. The number of aromatic amines is 1. The fourth-order valence-electron chi connectivity index (χ4n) is 1.53. The van der Waals surface area contributed by atoms with Gasteiger partial charge in [0.2, 0.25) is 5.88 Å². The molecule has 0 spiro atoms. The van der Waals surface area contributed by atoms with Gasteiger partial charge in [0.1, 0.15) is 6.33 Å². The maximum absolute atomic E-state index is 11.2. The molecule has 2 heterocycles. The lowest BCUT2D eigenvalue weighted by Crippen LogP contribution is -2.09. The van der Waals surface area contributed by atoms with E-state index >= 15 is 0 Å². The number of hydrogen-bond donors (Lipinski definition) is 2. The molecule has 0 fully saturated rings. The molecule has 1 aromatic carbocycles. The van der Waals surface area contributed by atoms with Crippen molar-refractivity contribution in [3.8, 4) is 11.6 Å². The molecule has 0 aliphatic rings. The second-order valence-electron chi connectivity index (χ2n) is 3.62. The fraction of sp³-hybridized carbons (Fsp3) is 0. The number of nitrogen functional groups attached to an aromatic ring is 1. The van der Waals surface area contributed by atoms with Crippen molar-refractivity contribution in [2.24, 2.45) is 0 Å². The Bertz CT molecular complexity index is 761. The van der Waals surface area contributed by atoms with Crippen LogP contribution < -0.4 is 16.2 Å². The maximum Gasteiger partial charge on any atom is 0.348 e. The third-order valence-corrected chi connectivity index (χ3v) is 2.42. The molecule has 0 aliphatic carbocycles. The molecule has 7 heteroatoms. The summed E-state index contributed by atoms with van der Waals surface area (Å²) in [7, 11) is 0. The van der Waals surface area contributed by atoms with Gasteiger partial charge in [0.15, 0.2) is 11.4 Å². The first-order valence-electron chi connectivity index (χ1n) is 5.19. The largest absolute Gasteiger partial charge is 0.437 e. The van der Waals surface area contributed by atoms with Gasteiger partial charge in [0.25, 0.3) is 0 Å². The van der Waals surface area contributed by atoms with Crippen LogP contribution in [0.2, 0.25) is 0 Å². The zero-order valence-electron chi connectivity index (χ0n) is 9.20. The summed E-state index contributed by atoms with van der Waals surface area (Å²) < 4.78 is 6.80. The van der Waals surface area contributed by atoms with Crippen LogP contribution in [0.3, 0.4) is 0 Å². The highest BCUT2D eigenvalue weighted by atomic mass is 16.5. The molecule has 0 bridgehead atoms. The number of anilines is 1. The molecule has 0 atom stereocenters. The van der Waals surface area contributed by atoms with Crippen molar-refractivity contribution >= 4 is 11.3 Å². The third kappa shape index (κ3) is 1.67. The smallest absolute Gasteiger partial charge is 0.348 e. The van der Waals surface area contributed by atoms with Crippen molar-refractivity contribution in [3.63, 3.8) is 0 Å². The van der Waals surface area contributed by atoms with E-state index < -0.39 is 0 Å². The zero-order valence-corrected chi connectivity index (χ0v) is 9.20. The molecule has 0 saturated carbocycles. The van der Waals surface area contributed by atoms with Crippen LogP contribution >= 0.6 is 0 Å². The van der Waals surface area contributed by atoms with Crippen LogP contribution in [0.1, 0.15) is 0 Å². The van der Waals surface area contributed by atoms with E-state index in [2.05, 4.69) is 15.2 Å². The van der Waals surface area contributed by atoms with Crippen molar-refractivity contribution in [1.82, 2.24) is 19.6 Å². The average molecular weight is 243 g/mol. The lowest BCUT2D eigenvalue weighted by atomic mass is 10.3. The quantitative estimate of drug-likeness (QED) is 0.648. The van der Waals surface area contributed by atoms with E-state index in [0.717, 1.165) is 0 Å². The van der Waals surface area contributed by atoms with Gasteiger partial charge in [-0.2, -0.15) is 5.10 Å². The Balaban J connectivity index is 2.00. The van der Waals surface area contributed by atoms with E-state index in [1.165, 1.54) is 10.7 Å². The predicted molar refractivity (Wildman–Crippen MR) is 64.5 cm³/mol. The Kier molecular flexibility index (Phi) is 2.23. The highest BCUT2D eigenvalue weighted by Gasteiger charge is 2.05. The van der Waals surface area contributed by atoms with E-state index in [9.17, 15) is 4.79 Å². The summed E-state index contributed by atoms with van der Waals surface area (Å²) >= 11 is 0. The van der Waals surface area contributed by atoms with Crippen molar-refractivity contribution in [3.05, 3.63) is 47.1 Å². The molecule has 0 unspecified atom stereocenters. The van der Waals surface area contributed by atoms with Crippen LogP contribution in [0.4, 0.5) is 5.69 Å². The van der Waals surface area contributed by atoms with Gasteiger partial charge in [0.05, 0.1) is 5.69 Å². The van der Waals surface area contributed by atoms with E-state index in [1.807, 2.05) is 12.1 Å². The Hall–Kier alpha value is -2.83. The minimum absolute atomic E-state index is 0.319. The molecular weight excluding hydrogens is 234 g/mol. The number of rotatable bonds is 2. The molecule has 3 aromatic rings. The van der Waals surface area contributed by atoms with Crippen LogP contribution in [0, 0.1) is 0 Å². The van der Waals surface area contributed by atoms with E-state index in [-0.39, 0.29) is 5.69 Å². The summed E-state index contributed by atoms with van der Waals surface area (Å²) in [5.41, 5.74) is 6.35. The Morgan fingerprint density at radius 2 is 2.17 bits per heavy atom. The number of H-pyrrole nitrogens is 1. The predicted octanol–water partition coefficient (Wildman–Crippen LogP) is 0.792. The first-order valence-corrected chi connectivity index (χ1v) is 5.19. The summed E-state index contributed by atoms with van der Waals surface area (Å²) in [5, 5.41) is 6.13. The van der Waals surface area contributed by atoms with E-state index in [1.54, 1.807) is 18.2 Å². The van der Waals surface area contributed by atoms with Gasteiger partial charge >= 0.3 is 5.69 Å². The second kappa shape index (κ2) is 3.88. The molecule has 7 nitrogen and oxygen atoms in total. The van der Waals surface area contributed by atoms with Gasteiger partial charge in [-0.25, -0.2) is 19.3 Å². The standard InChI is InChI=1S/C11H9N5O2/c12-7-3-1-2-4-8(7)18-10-5-9-14-15-11(17)16(9)6-13-10/h1-6H,12H2,(H,15,17). The molecule has 0 saturated heterocycles. The van der Waals surface area contributed by atoms with Crippen LogP contribution in [-0.2, 0) is 0 Å². The number of ether oxygens (including phenoxy) is 1. The van der Waals surface area contributed by atoms with Crippen molar-refractivity contribution in [2.75, 3.05) is 5.73 Å². The van der Waals surface area contributed by atoms with Crippen LogP contribution in [0.25, 0.3) is 5.65 Å². The number of nitrogens with zero attached hydrogens (tertiary/aromatic N) is 3. The molecule has 3 rings (SSSR count). The van der Waals surface area contributed by atoms with Gasteiger partial charge in [-0.1, -0.05) is 12.1 Å². The van der Waals surface area contributed by atoms with Crippen molar-refractivity contribution in [2.45, 2.75) is 0 Å². The normalized spacial score (nSPS) is 10.7. The minimum atomic E-state index is -0.344. The summed E-state index contributed by atoms with van der Waals surface area (Å²) in [6, 6.07) is 8.63. The van der Waals surface area contributed by atoms with Gasteiger partial charge in [-0.3, -0.25) is 0 Å². The molecule has 0 radical (unpaired) electrons. The summed E-state index contributed by atoms with van der Waals surface area (Å²) in [6.07, 6.45) is 1.34. The number of para-hydroxylation sites is 2. The molecule has 90 valence electrons. The number of benzene rings is 1. The number of aromatic nitrogens is 4. The monoisotopic (exact) mass is 243 g/mol. The molecule has 3 N–H and O–H groups in total. The highest BCUT2D eigenvalue weighted by Crippen LogP contribution is 2.25. The second-order valence-corrected chi connectivity index (χ2v) is 3.62. The average Bonchev–Trinajstić information content (AvgIpc) is 2.74. The molecular formula is C11H9N5O2. The molecule has 0 amide bonds. The number of nitrogens with one attached hydrogen (secondary N) is 1. The van der Waals surface area contributed by atoms with Gasteiger partial charge < -0.3 is 10.5 Å². The first-order chi connectivity index (χ1) is 8.74. The molecule has 0 aliphatic heterocycles. The number of hydrogen-bond acceptors (Lipinski definition) is 5. The SMILES string of the molecule is Nc1ccccc1Oc1cc2n[nH]c(=O)n2cn1. The highest BCUT2D eigenvalue weighted by molar-refractivity contribution is 5.53. The first kappa shape index (κ1) is 10.3. The number of nitrogens with two attached hydrogens (primary N) is 1. The third-order valence-electron chi connectivity index (χ3n) is 2.42. The Morgan fingerprint density at radius 1 is 1.33 bits per heavy atom. The topological polar surface area (TPSA) is 98.3 Å². The maximum atomic E-state index is 11.2. The van der Waals surface area contributed by atoms with E-state index in [0.29, 0.717) is 23.0 Å². The zero-order chi connectivity index (χ0) is 12.5. The van der Waals surface area contributed by atoms with Gasteiger partial charge in [-0.15, -0.1) is 0 Å². The van der Waals surface area contributed by atoms with Crippen LogP contribution in [-0.4, -0.2) is 19.6 Å². The van der Waals surface area contributed by atoms with Crippen molar-refractivity contribution in [1.29, 1.82) is 0 Å². The Labute approximate surface area is 101 Å². The molecule has 2 aromatic heterocycles. The van der Waals surface area contributed by atoms with Crippen LogP contribution in [0.15, 0.2) is 41.5 Å². The van der Waals surface area contributed by atoms with Gasteiger partial charge in [-0.05, 0) is 12.1 Å². The number of fused-ring (bicyclic) bond motifs is 1. The van der Waals surface area contributed by atoms with Crippen LogP contribution in [0.5, 0.6) is 11.6 Å². The minimum Gasteiger partial charge on any atom is -0.437 e. The molecule has 18 heavy (non-hydrogen) atoms. The lowest BCUT2D eigenvalue weighted by molar-refractivity contribution is 0.464. The van der Waals surface area contributed by atoms with Crippen molar-refractivity contribution < 1.29 is 4.74 Å². The summed E-state index contributed by atoms with van der Waals surface area (Å²) in [5.74, 6) is 0.826. The Morgan fingerprint density at radius 3 is 3.00 bits per heavy atom.